The predicted molar refractivity (Wildman–Crippen MR) is 93.1 cm³/mol. The number of nitro groups is 1. The van der Waals surface area contributed by atoms with Gasteiger partial charge in [0.05, 0.1) is 16.3 Å². The third-order valence-corrected chi connectivity index (χ3v) is 4.35. The fourth-order valence-corrected chi connectivity index (χ4v) is 2.97. The van der Waals surface area contributed by atoms with E-state index in [1.165, 1.54) is 6.07 Å². The number of anilines is 1. The predicted octanol–water partition coefficient (Wildman–Crippen LogP) is 4.07. The average molecular weight is 309 g/mol. The summed E-state index contributed by atoms with van der Waals surface area (Å²) in [6, 6.07) is 13.1. The normalized spacial score (nSPS) is 15.0. The molecular weight excluding hydrogens is 290 g/mol. The number of fused-ring (bicyclic) bond motifs is 1. The maximum Gasteiger partial charge on any atom is 0.269 e. The lowest BCUT2D eigenvalue weighted by atomic mass is 9.79. The molecule has 5 nitrogen and oxygen atoms in total. The largest absolute Gasteiger partial charge is 0.378 e. The SMILES string of the molecule is CN(C)c1ccc(C2=Nc3ccc([N+](=O)[O-])cc3C2(C)C)cc1. The number of nitrogens with zero attached hydrogens (tertiary/aromatic N) is 3. The van der Waals surface area contributed by atoms with Crippen molar-refractivity contribution in [1.29, 1.82) is 0 Å². The molecule has 0 unspecified atom stereocenters. The maximum absolute atomic E-state index is 11.0. The molecule has 0 saturated heterocycles. The molecule has 0 N–H and O–H groups in total. The Morgan fingerprint density at radius 2 is 1.74 bits per heavy atom. The van der Waals surface area contributed by atoms with Crippen molar-refractivity contribution in [2.75, 3.05) is 19.0 Å². The first kappa shape index (κ1) is 15.2. The second-order valence-corrected chi connectivity index (χ2v) is 6.49. The van der Waals surface area contributed by atoms with Crippen LogP contribution in [0.2, 0.25) is 0 Å². The molecular formula is C18H19N3O2. The standard InChI is InChI=1S/C18H19N3O2/c1-18(2)15-11-14(21(22)23)9-10-16(15)19-17(18)12-5-7-13(8-6-12)20(3)4/h5-11H,1-4H3. The number of benzene rings is 2. The van der Waals surface area contributed by atoms with E-state index >= 15 is 0 Å². The molecule has 3 rings (SSSR count). The molecule has 0 aromatic heterocycles. The van der Waals surface area contributed by atoms with Crippen molar-refractivity contribution < 1.29 is 4.92 Å². The van der Waals surface area contributed by atoms with E-state index in [1.807, 2.05) is 19.0 Å². The van der Waals surface area contributed by atoms with Crippen molar-refractivity contribution in [1.82, 2.24) is 0 Å². The first-order valence-corrected chi connectivity index (χ1v) is 7.46. The molecule has 1 heterocycles. The second-order valence-electron chi connectivity index (χ2n) is 6.49. The van der Waals surface area contributed by atoms with Crippen LogP contribution in [-0.4, -0.2) is 24.7 Å². The summed E-state index contributed by atoms with van der Waals surface area (Å²) in [6.45, 7) is 4.11. The number of hydrogen-bond acceptors (Lipinski definition) is 4. The molecule has 118 valence electrons. The van der Waals surface area contributed by atoms with E-state index in [2.05, 4.69) is 38.1 Å². The summed E-state index contributed by atoms with van der Waals surface area (Å²) in [5.41, 5.74) is 4.57. The van der Waals surface area contributed by atoms with E-state index in [1.54, 1.807) is 12.1 Å². The second kappa shape index (κ2) is 5.19. The van der Waals surface area contributed by atoms with Gasteiger partial charge in [0.15, 0.2) is 0 Å². The van der Waals surface area contributed by atoms with E-state index < -0.39 is 0 Å². The van der Waals surface area contributed by atoms with Crippen LogP contribution in [0.1, 0.15) is 25.0 Å². The van der Waals surface area contributed by atoms with Crippen molar-refractivity contribution in [3.05, 3.63) is 63.7 Å². The summed E-state index contributed by atoms with van der Waals surface area (Å²) in [7, 11) is 4.00. The highest BCUT2D eigenvalue weighted by Gasteiger charge is 2.36. The molecule has 1 aliphatic heterocycles. The van der Waals surface area contributed by atoms with Crippen LogP contribution in [0.15, 0.2) is 47.5 Å². The Balaban J connectivity index is 2.03. The van der Waals surface area contributed by atoms with Crippen molar-refractivity contribution in [3.63, 3.8) is 0 Å². The van der Waals surface area contributed by atoms with Gasteiger partial charge in [-0.15, -0.1) is 0 Å². The van der Waals surface area contributed by atoms with Gasteiger partial charge in [0.1, 0.15) is 0 Å². The molecule has 0 aliphatic carbocycles. The Kier molecular flexibility index (Phi) is 3.43. The van der Waals surface area contributed by atoms with Gasteiger partial charge in [-0.25, -0.2) is 0 Å². The van der Waals surface area contributed by atoms with E-state index in [0.29, 0.717) is 0 Å². The van der Waals surface area contributed by atoms with E-state index in [9.17, 15) is 10.1 Å². The monoisotopic (exact) mass is 309 g/mol. The third-order valence-electron chi connectivity index (χ3n) is 4.35. The molecule has 2 aromatic rings. The summed E-state index contributed by atoms with van der Waals surface area (Å²) < 4.78 is 0. The number of aliphatic imine (C=N–C) groups is 1. The summed E-state index contributed by atoms with van der Waals surface area (Å²) in [5, 5.41) is 11.0. The number of non-ortho nitro benzene ring substituents is 1. The van der Waals surface area contributed by atoms with Crippen LogP contribution in [0.4, 0.5) is 17.1 Å². The molecule has 0 radical (unpaired) electrons. The van der Waals surface area contributed by atoms with Crippen molar-refractivity contribution in [3.8, 4) is 0 Å². The topological polar surface area (TPSA) is 58.7 Å². The molecule has 0 atom stereocenters. The minimum atomic E-state index is -0.361. The maximum atomic E-state index is 11.0. The van der Waals surface area contributed by atoms with Gasteiger partial charge in [-0.1, -0.05) is 26.0 Å². The number of hydrogen-bond donors (Lipinski definition) is 0. The Morgan fingerprint density at radius 1 is 1.09 bits per heavy atom. The summed E-state index contributed by atoms with van der Waals surface area (Å²) >= 11 is 0. The lowest BCUT2D eigenvalue weighted by Gasteiger charge is -2.23. The van der Waals surface area contributed by atoms with E-state index in [-0.39, 0.29) is 16.0 Å². The van der Waals surface area contributed by atoms with Crippen LogP contribution in [0.3, 0.4) is 0 Å². The van der Waals surface area contributed by atoms with Crippen LogP contribution in [0, 0.1) is 10.1 Å². The van der Waals surface area contributed by atoms with Gasteiger partial charge in [0, 0.05) is 37.3 Å². The van der Waals surface area contributed by atoms with Gasteiger partial charge in [0.25, 0.3) is 5.69 Å². The fraction of sp³-hybridized carbons (Fsp3) is 0.278. The molecule has 0 saturated carbocycles. The minimum absolute atomic E-state index is 0.108. The van der Waals surface area contributed by atoms with Crippen molar-refractivity contribution in [2.45, 2.75) is 19.3 Å². The zero-order valence-corrected chi connectivity index (χ0v) is 13.7. The lowest BCUT2D eigenvalue weighted by Crippen LogP contribution is -2.26. The Bertz CT molecular complexity index is 806. The molecule has 5 heteroatoms. The molecule has 0 amide bonds. The third kappa shape index (κ3) is 2.48. The van der Waals surface area contributed by atoms with E-state index in [4.69, 9.17) is 4.99 Å². The van der Waals surface area contributed by atoms with Gasteiger partial charge >= 0.3 is 0 Å². The Hall–Kier alpha value is -2.69. The molecule has 0 spiro atoms. The highest BCUT2D eigenvalue weighted by Crippen LogP contribution is 2.43. The van der Waals surface area contributed by atoms with Gasteiger partial charge in [-0.05, 0) is 29.3 Å². The van der Waals surface area contributed by atoms with Crippen molar-refractivity contribution in [2.24, 2.45) is 4.99 Å². The summed E-state index contributed by atoms with van der Waals surface area (Å²) in [4.78, 5) is 17.4. The highest BCUT2D eigenvalue weighted by atomic mass is 16.6. The number of nitro benzene ring substituents is 1. The highest BCUT2D eigenvalue weighted by molar-refractivity contribution is 6.12. The van der Waals surface area contributed by atoms with Crippen LogP contribution in [0.25, 0.3) is 0 Å². The van der Waals surface area contributed by atoms with Crippen molar-refractivity contribution >= 4 is 22.8 Å². The molecule has 0 bridgehead atoms. The molecule has 1 aliphatic rings. The van der Waals surface area contributed by atoms with Crippen LogP contribution >= 0.6 is 0 Å². The molecule has 0 fully saturated rings. The Morgan fingerprint density at radius 3 is 2.30 bits per heavy atom. The smallest absolute Gasteiger partial charge is 0.269 e. The first-order chi connectivity index (χ1) is 10.8. The fourth-order valence-electron chi connectivity index (χ4n) is 2.97. The average Bonchev–Trinajstić information content (AvgIpc) is 2.78. The zero-order valence-electron chi connectivity index (χ0n) is 13.7. The van der Waals surface area contributed by atoms with Gasteiger partial charge in [0.2, 0.25) is 0 Å². The summed E-state index contributed by atoms with van der Waals surface area (Å²) in [5.74, 6) is 0. The number of rotatable bonds is 3. The van der Waals surface area contributed by atoms with Crippen LogP contribution in [-0.2, 0) is 5.41 Å². The summed E-state index contributed by atoms with van der Waals surface area (Å²) in [6.07, 6.45) is 0. The van der Waals surface area contributed by atoms with Gasteiger partial charge in [-0.2, -0.15) is 0 Å². The Labute approximate surface area is 135 Å². The molecule has 23 heavy (non-hydrogen) atoms. The van der Waals surface area contributed by atoms with E-state index in [0.717, 1.165) is 28.2 Å². The minimum Gasteiger partial charge on any atom is -0.378 e. The van der Waals surface area contributed by atoms with Gasteiger partial charge in [-0.3, -0.25) is 15.1 Å². The van der Waals surface area contributed by atoms with Crippen LogP contribution < -0.4 is 4.90 Å². The quantitative estimate of drug-likeness (QED) is 0.634. The lowest BCUT2D eigenvalue weighted by molar-refractivity contribution is -0.384. The first-order valence-electron chi connectivity index (χ1n) is 7.46. The molecule has 2 aromatic carbocycles. The van der Waals surface area contributed by atoms with Gasteiger partial charge < -0.3 is 4.90 Å². The zero-order chi connectivity index (χ0) is 16.8. The van der Waals surface area contributed by atoms with Crippen LogP contribution in [0.5, 0.6) is 0 Å².